The van der Waals surface area contributed by atoms with Crippen LogP contribution < -0.4 is 10.9 Å². The molecule has 0 saturated heterocycles. The van der Waals surface area contributed by atoms with Crippen LogP contribution in [0.5, 0.6) is 0 Å². The van der Waals surface area contributed by atoms with E-state index in [4.69, 9.17) is 0 Å². The SMILES string of the molecule is CC(C)CCCn1ncc(NC2CCC2)cc1=O. The summed E-state index contributed by atoms with van der Waals surface area (Å²) >= 11 is 0. The second kappa shape index (κ2) is 6.03. The summed E-state index contributed by atoms with van der Waals surface area (Å²) in [6, 6.07) is 2.21. The van der Waals surface area contributed by atoms with Gasteiger partial charge in [0.05, 0.1) is 11.9 Å². The van der Waals surface area contributed by atoms with Crippen LogP contribution in [-0.4, -0.2) is 15.8 Å². The summed E-state index contributed by atoms with van der Waals surface area (Å²) in [5.74, 6) is 0.681. The van der Waals surface area contributed by atoms with Crippen molar-refractivity contribution in [1.82, 2.24) is 9.78 Å². The Balaban J connectivity index is 1.90. The molecule has 0 unspecified atom stereocenters. The predicted molar refractivity (Wildman–Crippen MR) is 73.8 cm³/mol. The van der Waals surface area contributed by atoms with Crippen LogP contribution in [0.15, 0.2) is 17.1 Å². The molecule has 0 aromatic carbocycles. The Morgan fingerprint density at radius 1 is 1.50 bits per heavy atom. The minimum absolute atomic E-state index is 0.00285. The third-order valence-corrected chi connectivity index (χ3v) is 3.50. The molecule has 18 heavy (non-hydrogen) atoms. The van der Waals surface area contributed by atoms with Gasteiger partial charge in [-0.05, 0) is 38.0 Å². The van der Waals surface area contributed by atoms with Gasteiger partial charge in [0.2, 0.25) is 0 Å². The zero-order valence-corrected chi connectivity index (χ0v) is 11.4. The van der Waals surface area contributed by atoms with Gasteiger partial charge in [-0.3, -0.25) is 4.79 Å². The Morgan fingerprint density at radius 3 is 2.83 bits per heavy atom. The summed E-state index contributed by atoms with van der Waals surface area (Å²) in [7, 11) is 0. The summed E-state index contributed by atoms with van der Waals surface area (Å²) in [6.07, 6.45) is 7.62. The zero-order chi connectivity index (χ0) is 13.0. The highest BCUT2D eigenvalue weighted by Gasteiger charge is 2.17. The maximum absolute atomic E-state index is 11.9. The molecule has 1 aliphatic carbocycles. The highest BCUT2D eigenvalue weighted by atomic mass is 16.1. The van der Waals surface area contributed by atoms with E-state index < -0.39 is 0 Å². The van der Waals surface area contributed by atoms with Crippen molar-refractivity contribution >= 4 is 5.69 Å². The maximum atomic E-state index is 11.9. The van der Waals surface area contributed by atoms with Crippen LogP contribution >= 0.6 is 0 Å². The number of hydrogen-bond donors (Lipinski definition) is 1. The van der Waals surface area contributed by atoms with Gasteiger partial charge in [-0.2, -0.15) is 5.10 Å². The summed E-state index contributed by atoms with van der Waals surface area (Å²) in [5, 5.41) is 7.57. The molecule has 0 bridgehead atoms. The van der Waals surface area contributed by atoms with Crippen LogP contribution in [0.3, 0.4) is 0 Å². The molecule has 1 saturated carbocycles. The van der Waals surface area contributed by atoms with Gasteiger partial charge in [-0.1, -0.05) is 13.8 Å². The molecule has 1 fully saturated rings. The normalized spacial score (nSPS) is 15.7. The predicted octanol–water partition coefficient (Wildman–Crippen LogP) is 2.64. The lowest BCUT2D eigenvalue weighted by atomic mass is 9.93. The van der Waals surface area contributed by atoms with E-state index in [0.29, 0.717) is 12.0 Å². The monoisotopic (exact) mass is 249 g/mol. The Hall–Kier alpha value is -1.32. The second-order valence-corrected chi connectivity index (χ2v) is 5.61. The van der Waals surface area contributed by atoms with Crippen molar-refractivity contribution < 1.29 is 0 Å². The van der Waals surface area contributed by atoms with Crippen molar-refractivity contribution in [2.45, 2.75) is 58.5 Å². The third-order valence-electron chi connectivity index (χ3n) is 3.50. The molecular formula is C14H23N3O. The van der Waals surface area contributed by atoms with E-state index in [0.717, 1.165) is 25.1 Å². The molecular weight excluding hydrogens is 226 g/mol. The molecule has 4 nitrogen and oxygen atoms in total. The van der Waals surface area contributed by atoms with Crippen molar-refractivity contribution in [3.05, 3.63) is 22.6 Å². The average Bonchev–Trinajstić information content (AvgIpc) is 2.26. The number of hydrogen-bond acceptors (Lipinski definition) is 3. The van der Waals surface area contributed by atoms with Crippen LogP contribution in [0.1, 0.15) is 46.0 Å². The number of nitrogens with one attached hydrogen (secondary N) is 1. The lowest BCUT2D eigenvalue weighted by molar-refractivity contribution is 0.444. The third kappa shape index (κ3) is 3.59. The standard InChI is InChI=1S/C14H23N3O/c1-11(2)5-4-8-17-14(18)9-13(10-15-17)16-12-6-3-7-12/h9-12,16H,3-8H2,1-2H3. The Morgan fingerprint density at radius 2 is 2.28 bits per heavy atom. The molecule has 4 heteroatoms. The van der Waals surface area contributed by atoms with Gasteiger partial charge in [0.1, 0.15) is 0 Å². The lowest BCUT2D eigenvalue weighted by Crippen LogP contribution is -2.29. The lowest BCUT2D eigenvalue weighted by Gasteiger charge is -2.27. The van der Waals surface area contributed by atoms with Gasteiger partial charge in [0.15, 0.2) is 0 Å². The van der Waals surface area contributed by atoms with Gasteiger partial charge in [0.25, 0.3) is 5.56 Å². The van der Waals surface area contributed by atoms with Crippen molar-refractivity contribution in [3.63, 3.8) is 0 Å². The van der Waals surface area contributed by atoms with Crippen molar-refractivity contribution in [3.8, 4) is 0 Å². The first-order valence-corrected chi connectivity index (χ1v) is 6.99. The molecule has 0 amide bonds. The molecule has 100 valence electrons. The number of aromatic nitrogens is 2. The molecule has 1 N–H and O–H groups in total. The van der Waals surface area contributed by atoms with Crippen LogP contribution in [-0.2, 0) is 6.54 Å². The van der Waals surface area contributed by atoms with Gasteiger partial charge in [-0.15, -0.1) is 0 Å². The molecule has 0 spiro atoms. The summed E-state index contributed by atoms with van der Waals surface area (Å²) in [4.78, 5) is 11.9. The topological polar surface area (TPSA) is 46.9 Å². The molecule has 0 radical (unpaired) electrons. The highest BCUT2D eigenvalue weighted by Crippen LogP contribution is 2.21. The summed E-state index contributed by atoms with van der Waals surface area (Å²) in [6.45, 7) is 5.12. The fraction of sp³-hybridized carbons (Fsp3) is 0.714. The van der Waals surface area contributed by atoms with E-state index in [9.17, 15) is 4.79 Å². The maximum Gasteiger partial charge on any atom is 0.268 e. The van der Waals surface area contributed by atoms with Crippen molar-refractivity contribution in [1.29, 1.82) is 0 Å². The van der Waals surface area contributed by atoms with E-state index in [1.807, 2.05) is 0 Å². The quantitative estimate of drug-likeness (QED) is 0.843. The first-order valence-electron chi connectivity index (χ1n) is 6.99. The molecule has 0 atom stereocenters. The minimum Gasteiger partial charge on any atom is -0.381 e. The average molecular weight is 249 g/mol. The van der Waals surface area contributed by atoms with Gasteiger partial charge >= 0.3 is 0 Å². The van der Waals surface area contributed by atoms with Crippen LogP contribution in [0.25, 0.3) is 0 Å². The molecule has 1 aliphatic rings. The number of nitrogens with zero attached hydrogens (tertiary/aromatic N) is 2. The molecule has 2 rings (SSSR count). The van der Waals surface area contributed by atoms with Crippen molar-refractivity contribution in [2.75, 3.05) is 5.32 Å². The smallest absolute Gasteiger partial charge is 0.268 e. The Labute approximate surface area is 108 Å². The fourth-order valence-corrected chi connectivity index (χ4v) is 2.12. The van der Waals surface area contributed by atoms with Crippen LogP contribution in [0, 0.1) is 5.92 Å². The number of aryl methyl sites for hydroxylation is 1. The number of rotatable bonds is 6. The first kappa shape index (κ1) is 13.1. The summed E-state index contributed by atoms with van der Waals surface area (Å²) in [5.41, 5.74) is 0.868. The van der Waals surface area contributed by atoms with Crippen molar-refractivity contribution in [2.24, 2.45) is 5.92 Å². The van der Waals surface area contributed by atoms with E-state index in [1.54, 1.807) is 16.9 Å². The summed E-state index contributed by atoms with van der Waals surface area (Å²) < 4.78 is 1.56. The van der Waals surface area contributed by atoms with Gasteiger partial charge in [0, 0.05) is 18.7 Å². The Bertz CT molecular complexity index is 435. The minimum atomic E-state index is 0.00285. The Kier molecular flexibility index (Phi) is 4.39. The van der Waals surface area contributed by atoms with Crippen LogP contribution in [0.2, 0.25) is 0 Å². The number of anilines is 1. The molecule has 1 aromatic rings. The van der Waals surface area contributed by atoms with Gasteiger partial charge < -0.3 is 5.32 Å². The van der Waals surface area contributed by atoms with E-state index in [1.165, 1.54) is 19.3 Å². The first-order chi connectivity index (χ1) is 8.65. The molecule has 1 heterocycles. The zero-order valence-electron chi connectivity index (χ0n) is 11.4. The van der Waals surface area contributed by atoms with E-state index in [2.05, 4.69) is 24.3 Å². The largest absolute Gasteiger partial charge is 0.381 e. The molecule has 0 aliphatic heterocycles. The highest BCUT2D eigenvalue weighted by molar-refractivity contribution is 5.40. The molecule has 1 aromatic heterocycles. The second-order valence-electron chi connectivity index (χ2n) is 5.61. The van der Waals surface area contributed by atoms with E-state index in [-0.39, 0.29) is 5.56 Å². The van der Waals surface area contributed by atoms with Gasteiger partial charge in [-0.25, -0.2) is 4.68 Å². The van der Waals surface area contributed by atoms with Crippen LogP contribution in [0.4, 0.5) is 5.69 Å². The van der Waals surface area contributed by atoms with E-state index >= 15 is 0 Å². The fourth-order valence-electron chi connectivity index (χ4n) is 2.12.